The third-order valence-corrected chi connectivity index (χ3v) is 6.10. The summed E-state index contributed by atoms with van der Waals surface area (Å²) in [5.41, 5.74) is 2.76. The number of thioether (sulfide) groups is 1. The van der Waals surface area contributed by atoms with Crippen LogP contribution in [0.25, 0.3) is 0 Å². The van der Waals surface area contributed by atoms with Gasteiger partial charge in [-0.2, -0.15) is 5.10 Å². The van der Waals surface area contributed by atoms with E-state index in [0.29, 0.717) is 17.3 Å². The molecule has 0 spiro atoms. The van der Waals surface area contributed by atoms with Gasteiger partial charge in [0.1, 0.15) is 0 Å². The van der Waals surface area contributed by atoms with E-state index in [4.69, 9.17) is 0 Å². The molecule has 0 aliphatic carbocycles. The quantitative estimate of drug-likeness (QED) is 0.341. The van der Waals surface area contributed by atoms with Crippen molar-refractivity contribution in [1.29, 1.82) is 0 Å². The van der Waals surface area contributed by atoms with Crippen LogP contribution in [0.4, 0.5) is 5.69 Å². The van der Waals surface area contributed by atoms with E-state index in [1.807, 2.05) is 31.2 Å². The molecule has 3 rings (SSSR count). The molecule has 1 fully saturated rings. The van der Waals surface area contributed by atoms with Crippen LogP contribution in [0, 0.1) is 17.0 Å². The molecule has 2 aromatic carbocycles. The van der Waals surface area contributed by atoms with Crippen LogP contribution < -0.4 is 0 Å². The summed E-state index contributed by atoms with van der Waals surface area (Å²) in [7, 11) is 0. The maximum Gasteiger partial charge on any atom is 0.270 e. The van der Waals surface area contributed by atoms with Crippen molar-refractivity contribution in [2.24, 2.45) is 10.2 Å². The van der Waals surface area contributed by atoms with Gasteiger partial charge in [0.05, 0.1) is 22.9 Å². The summed E-state index contributed by atoms with van der Waals surface area (Å²) in [6.07, 6.45) is 4.28. The first-order valence-corrected chi connectivity index (χ1v) is 10.8. The number of nitrogens with zero attached hydrogens (tertiary/aromatic N) is 4. The summed E-state index contributed by atoms with van der Waals surface area (Å²) in [5, 5.41) is 19.7. The second-order valence-electron chi connectivity index (χ2n) is 7.08. The number of carbonyl (C=O) groups is 1. The van der Waals surface area contributed by atoms with E-state index >= 15 is 0 Å². The van der Waals surface area contributed by atoms with Crippen LogP contribution in [0.2, 0.25) is 0 Å². The summed E-state index contributed by atoms with van der Waals surface area (Å²) < 4.78 is 0. The highest BCUT2D eigenvalue weighted by Crippen LogP contribution is 2.32. The number of amides is 1. The third kappa shape index (κ3) is 5.33. The number of carbonyl (C=O) groups excluding carboxylic acids is 1. The number of nitro groups is 1. The van der Waals surface area contributed by atoms with Crippen molar-refractivity contribution in [2.75, 3.05) is 0 Å². The molecule has 1 amide bonds. The minimum atomic E-state index is -0.447. The molecule has 8 heteroatoms. The predicted molar refractivity (Wildman–Crippen MR) is 121 cm³/mol. The number of aryl methyl sites for hydroxylation is 1. The van der Waals surface area contributed by atoms with Crippen molar-refractivity contribution in [3.63, 3.8) is 0 Å². The van der Waals surface area contributed by atoms with E-state index in [1.165, 1.54) is 30.1 Å². The smallest absolute Gasteiger partial charge is 0.270 e. The van der Waals surface area contributed by atoms with Crippen molar-refractivity contribution in [3.05, 3.63) is 75.3 Å². The zero-order chi connectivity index (χ0) is 21.5. The van der Waals surface area contributed by atoms with Crippen molar-refractivity contribution in [3.8, 4) is 0 Å². The molecule has 1 aliphatic rings. The first kappa shape index (κ1) is 21.7. The number of rotatable bonds is 8. The van der Waals surface area contributed by atoms with Gasteiger partial charge in [-0.15, -0.1) is 5.10 Å². The number of non-ortho nitro benzene ring substituents is 1. The number of nitro benzene ring substituents is 1. The monoisotopic (exact) mass is 424 g/mol. The molecule has 7 nitrogen and oxygen atoms in total. The maximum atomic E-state index is 13.0. The average molecular weight is 425 g/mol. The van der Waals surface area contributed by atoms with E-state index in [9.17, 15) is 14.9 Å². The van der Waals surface area contributed by atoms with Crippen LogP contribution in [0.15, 0.2) is 58.7 Å². The maximum absolute atomic E-state index is 13.0. The molecule has 0 N–H and O–H groups in total. The van der Waals surface area contributed by atoms with Crippen molar-refractivity contribution >= 4 is 34.7 Å². The van der Waals surface area contributed by atoms with Crippen LogP contribution in [0.1, 0.15) is 42.9 Å². The number of unbranched alkanes of at least 4 members (excludes halogenated alkanes) is 1. The Hall–Kier alpha value is -3.00. The van der Waals surface area contributed by atoms with Gasteiger partial charge in [-0.05, 0) is 24.5 Å². The molecular weight excluding hydrogens is 400 g/mol. The van der Waals surface area contributed by atoms with Crippen molar-refractivity contribution in [1.82, 2.24) is 4.90 Å². The molecule has 156 valence electrons. The minimum Gasteiger partial charge on any atom is -0.284 e. The first-order valence-electron chi connectivity index (χ1n) is 9.87. The van der Waals surface area contributed by atoms with Gasteiger partial charge in [-0.1, -0.05) is 67.9 Å². The Labute approximate surface area is 180 Å². The SMILES string of the molecule is CCCCC1S/C(=N\N=C\c2cccc([N+](=O)[O-])c2)N(Cc2ccccc2C)C1=O. The molecule has 0 bridgehead atoms. The van der Waals surface area contributed by atoms with E-state index in [1.54, 1.807) is 17.0 Å². The zero-order valence-corrected chi connectivity index (χ0v) is 17.8. The lowest BCUT2D eigenvalue weighted by atomic mass is 10.1. The van der Waals surface area contributed by atoms with E-state index in [-0.39, 0.29) is 16.8 Å². The Morgan fingerprint density at radius 2 is 2.03 bits per heavy atom. The van der Waals surface area contributed by atoms with Gasteiger partial charge in [-0.3, -0.25) is 19.8 Å². The molecule has 0 aromatic heterocycles. The fraction of sp³-hybridized carbons (Fsp3) is 0.318. The summed E-state index contributed by atoms with van der Waals surface area (Å²) >= 11 is 1.44. The molecule has 0 saturated carbocycles. The number of benzene rings is 2. The molecule has 1 atom stereocenters. The summed E-state index contributed by atoms with van der Waals surface area (Å²) in [6.45, 7) is 4.58. The first-order chi connectivity index (χ1) is 14.5. The molecule has 1 heterocycles. The summed E-state index contributed by atoms with van der Waals surface area (Å²) in [6, 6.07) is 14.2. The van der Waals surface area contributed by atoms with Crippen LogP contribution >= 0.6 is 11.8 Å². The van der Waals surface area contributed by atoms with Gasteiger partial charge >= 0.3 is 0 Å². The minimum absolute atomic E-state index is 0.00201. The highest BCUT2D eigenvalue weighted by Gasteiger charge is 2.37. The largest absolute Gasteiger partial charge is 0.284 e. The van der Waals surface area contributed by atoms with Crippen molar-refractivity contribution < 1.29 is 9.72 Å². The molecule has 1 unspecified atom stereocenters. The van der Waals surface area contributed by atoms with Crippen LogP contribution in [0.3, 0.4) is 0 Å². The van der Waals surface area contributed by atoms with Gasteiger partial charge in [0.2, 0.25) is 5.91 Å². The van der Waals surface area contributed by atoms with Crippen molar-refractivity contribution in [2.45, 2.75) is 44.9 Å². The van der Waals surface area contributed by atoms with Gasteiger partial charge in [0, 0.05) is 17.7 Å². The molecule has 1 saturated heterocycles. The Balaban J connectivity index is 1.83. The number of amidine groups is 1. The normalized spacial score (nSPS) is 17.9. The van der Waals surface area contributed by atoms with Crippen LogP contribution in [-0.2, 0) is 11.3 Å². The Morgan fingerprint density at radius 1 is 1.23 bits per heavy atom. The van der Waals surface area contributed by atoms with Gasteiger partial charge in [-0.25, -0.2) is 0 Å². The van der Waals surface area contributed by atoms with Crippen LogP contribution in [-0.4, -0.2) is 32.4 Å². The summed E-state index contributed by atoms with van der Waals surface area (Å²) in [4.78, 5) is 25.2. The standard InChI is InChI=1S/C22H24N4O3S/c1-3-4-12-20-21(27)25(15-18-10-6-5-8-16(18)2)22(30-20)24-23-14-17-9-7-11-19(13-17)26(28)29/h5-11,13-14,20H,3-4,12,15H2,1-2H3/b23-14+,24-22-. The molecule has 2 aromatic rings. The fourth-order valence-electron chi connectivity index (χ4n) is 3.13. The fourth-order valence-corrected chi connectivity index (χ4v) is 4.27. The van der Waals surface area contributed by atoms with Crippen LogP contribution in [0.5, 0.6) is 0 Å². The second kappa shape index (κ2) is 10.2. The van der Waals surface area contributed by atoms with Gasteiger partial charge in [0.15, 0.2) is 5.17 Å². The Bertz CT molecular complexity index is 990. The molecular formula is C22H24N4O3S. The Morgan fingerprint density at radius 3 is 2.77 bits per heavy atom. The lowest BCUT2D eigenvalue weighted by molar-refractivity contribution is -0.384. The third-order valence-electron chi connectivity index (χ3n) is 4.86. The highest BCUT2D eigenvalue weighted by molar-refractivity contribution is 8.15. The predicted octanol–water partition coefficient (Wildman–Crippen LogP) is 4.93. The lowest BCUT2D eigenvalue weighted by Gasteiger charge is -2.17. The zero-order valence-electron chi connectivity index (χ0n) is 17.0. The van der Waals surface area contributed by atoms with Gasteiger partial charge in [0.25, 0.3) is 5.69 Å². The summed E-state index contributed by atoms with van der Waals surface area (Å²) in [5.74, 6) is 0.0565. The van der Waals surface area contributed by atoms with Gasteiger partial charge < -0.3 is 0 Å². The average Bonchev–Trinajstić information content (AvgIpc) is 3.03. The Kier molecular flexibility index (Phi) is 7.35. The lowest BCUT2D eigenvalue weighted by Crippen LogP contribution is -2.31. The van der Waals surface area contributed by atoms with E-state index in [0.717, 1.165) is 30.4 Å². The molecule has 1 aliphatic heterocycles. The number of hydrogen-bond donors (Lipinski definition) is 0. The highest BCUT2D eigenvalue weighted by atomic mass is 32.2. The topological polar surface area (TPSA) is 88.2 Å². The molecule has 0 radical (unpaired) electrons. The molecule has 30 heavy (non-hydrogen) atoms. The van der Waals surface area contributed by atoms with E-state index < -0.39 is 4.92 Å². The van der Waals surface area contributed by atoms with E-state index in [2.05, 4.69) is 17.1 Å². The number of hydrogen-bond acceptors (Lipinski definition) is 6. The second-order valence-corrected chi connectivity index (χ2v) is 8.25.